The normalized spacial score (nSPS) is 21.3. The maximum Gasteiger partial charge on any atom is 0.243 e. The zero-order chi connectivity index (χ0) is 13.3. The largest absolute Gasteiger partial charge is 0.506 e. The summed E-state index contributed by atoms with van der Waals surface area (Å²) >= 11 is 0. The molecular formula is C11H16N2O4S. The summed E-state index contributed by atoms with van der Waals surface area (Å²) in [5, 5.41) is 18.5. The first kappa shape index (κ1) is 13.1. The summed E-state index contributed by atoms with van der Waals surface area (Å²) in [5.74, 6) is -0.144. The third-order valence-electron chi connectivity index (χ3n) is 3.14. The number of aliphatic hydroxyl groups is 1. The Bertz CT molecular complexity index is 544. The molecular weight excluding hydrogens is 256 g/mol. The van der Waals surface area contributed by atoms with E-state index in [0.29, 0.717) is 13.0 Å². The van der Waals surface area contributed by atoms with Crippen LogP contribution in [0.2, 0.25) is 0 Å². The van der Waals surface area contributed by atoms with Gasteiger partial charge in [0.2, 0.25) is 10.0 Å². The molecule has 0 bridgehead atoms. The van der Waals surface area contributed by atoms with Gasteiger partial charge in [0.1, 0.15) is 5.75 Å². The number of nitrogens with two attached hydrogens (primary N) is 1. The first-order valence-electron chi connectivity index (χ1n) is 5.68. The number of benzene rings is 1. The van der Waals surface area contributed by atoms with E-state index in [9.17, 15) is 18.6 Å². The number of aromatic hydroxyl groups is 1. The molecule has 6 nitrogen and oxygen atoms in total. The third-order valence-corrected chi connectivity index (χ3v) is 5.09. The van der Waals surface area contributed by atoms with Crippen molar-refractivity contribution in [1.29, 1.82) is 0 Å². The van der Waals surface area contributed by atoms with Gasteiger partial charge in [-0.1, -0.05) is 0 Å². The number of nitrogen functional groups attached to an aromatic ring is 1. The highest BCUT2D eigenvalue weighted by molar-refractivity contribution is 7.89. The van der Waals surface area contributed by atoms with Gasteiger partial charge in [-0.25, -0.2) is 8.42 Å². The van der Waals surface area contributed by atoms with Crippen LogP contribution in [0, 0.1) is 0 Å². The van der Waals surface area contributed by atoms with Crippen molar-refractivity contribution in [2.75, 3.05) is 18.9 Å². The van der Waals surface area contributed by atoms with Crippen LogP contribution in [0.5, 0.6) is 5.75 Å². The van der Waals surface area contributed by atoms with Gasteiger partial charge in [-0.3, -0.25) is 0 Å². The zero-order valence-corrected chi connectivity index (χ0v) is 10.6. The number of anilines is 1. The molecule has 0 aliphatic carbocycles. The van der Waals surface area contributed by atoms with Crippen LogP contribution >= 0.6 is 0 Å². The molecule has 4 N–H and O–H groups in total. The standard InChI is InChI=1S/C11H16N2O4S/c12-10-6-9(3-4-11(10)15)18(16,17)13-5-1-2-8(13)7-14/h3-4,6,8,14-15H,1-2,5,7,12H2/t8-/m1/s1. The summed E-state index contributed by atoms with van der Waals surface area (Å²) in [4.78, 5) is 0.0400. The number of hydrogen-bond acceptors (Lipinski definition) is 5. The van der Waals surface area contributed by atoms with Crippen LogP contribution in [0.15, 0.2) is 23.1 Å². The Morgan fingerprint density at radius 2 is 2.17 bits per heavy atom. The smallest absolute Gasteiger partial charge is 0.243 e. The molecule has 0 amide bonds. The topological polar surface area (TPSA) is 104 Å². The van der Waals surface area contributed by atoms with Crippen LogP contribution in [0.3, 0.4) is 0 Å². The Morgan fingerprint density at radius 3 is 2.78 bits per heavy atom. The monoisotopic (exact) mass is 272 g/mol. The minimum atomic E-state index is -3.66. The second-order valence-electron chi connectivity index (χ2n) is 4.32. The third kappa shape index (κ3) is 2.16. The van der Waals surface area contributed by atoms with Gasteiger partial charge in [0.15, 0.2) is 0 Å². The van der Waals surface area contributed by atoms with E-state index in [0.717, 1.165) is 6.42 Å². The molecule has 1 aliphatic rings. The molecule has 0 radical (unpaired) electrons. The lowest BCUT2D eigenvalue weighted by Gasteiger charge is -2.22. The highest BCUT2D eigenvalue weighted by atomic mass is 32.2. The molecule has 1 heterocycles. The van der Waals surface area contributed by atoms with Crippen molar-refractivity contribution in [2.24, 2.45) is 0 Å². The first-order chi connectivity index (χ1) is 8.46. The van der Waals surface area contributed by atoms with Crippen molar-refractivity contribution in [3.63, 3.8) is 0 Å². The molecule has 1 saturated heterocycles. The number of hydrogen-bond donors (Lipinski definition) is 3. The van der Waals surface area contributed by atoms with Crippen molar-refractivity contribution >= 4 is 15.7 Å². The summed E-state index contributed by atoms with van der Waals surface area (Å²) in [6, 6.07) is 3.43. The van der Waals surface area contributed by atoms with Gasteiger partial charge >= 0.3 is 0 Å². The van der Waals surface area contributed by atoms with Crippen LogP contribution < -0.4 is 5.73 Å². The van der Waals surface area contributed by atoms with Crippen molar-refractivity contribution in [1.82, 2.24) is 4.31 Å². The fourth-order valence-electron chi connectivity index (χ4n) is 2.14. The van der Waals surface area contributed by atoms with Gasteiger partial charge in [0.25, 0.3) is 0 Å². The number of sulfonamides is 1. The molecule has 1 aromatic rings. The van der Waals surface area contributed by atoms with E-state index >= 15 is 0 Å². The maximum absolute atomic E-state index is 12.3. The molecule has 0 saturated carbocycles. The van der Waals surface area contributed by atoms with Crippen LogP contribution in [0.25, 0.3) is 0 Å². The van der Waals surface area contributed by atoms with Crippen LogP contribution in [0.1, 0.15) is 12.8 Å². The number of rotatable bonds is 3. The van der Waals surface area contributed by atoms with E-state index in [1.807, 2.05) is 0 Å². The Kier molecular flexibility index (Phi) is 3.47. The van der Waals surface area contributed by atoms with E-state index in [-0.39, 0.29) is 29.0 Å². The van der Waals surface area contributed by atoms with Gasteiger partial charge in [0, 0.05) is 12.6 Å². The van der Waals surface area contributed by atoms with Crippen LogP contribution in [-0.4, -0.2) is 42.1 Å². The molecule has 7 heteroatoms. The minimum Gasteiger partial charge on any atom is -0.506 e. The summed E-state index contributed by atoms with van der Waals surface area (Å²) in [5.41, 5.74) is 5.52. The first-order valence-corrected chi connectivity index (χ1v) is 7.12. The molecule has 0 aromatic heterocycles. The number of aliphatic hydroxyl groups excluding tert-OH is 1. The second kappa shape index (κ2) is 4.75. The molecule has 1 atom stereocenters. The fourth-order valence-corrected chi connectivity index (χ4v) is 3.86. The lowest BCUT2D eigenvalue weighted by atomic mass is 10.2. The Hall–Kier alpha value is -1.31. The Labute approximate surface area is 106 Å². The lowest BCUT2D eigenvalue weighted by Crippen LogP contribution is -2.37. The van der Waals surface area contributed by atoms with E-state index in [4.69, 9.17) is 5.73 Å². The predicted molar refractivity (Wildman–Crippen MR) is 66.5 cm³/mol. The maximum atomic E-state index is 12.3. The minimum absolute atomic E-state index is 0.0239. The number of phenols is 1. The predicted octanol–water partition coefficient (Wildman–Crippen LogP) is 0.120. The molecule has 0 spiro atoms. The van der Waals surface area contributed by atoms with Crippen molar-refractivity contribution in [2.45, 2.75) is 23.8 Å². The quantitative estimate of drug-likeness (QED) is 0.535. The van der Waals surface area contributed by atoms with Crippen molar-refractivity contribution in [3.05, 3.63) is 18.2 Å². The van der Waals surface area contributed by atoms with E-state index in [1.54, 1.807) is 0 Å². The number of nitrogens with zero attached hydrogens (tertiary/aromatic N) is 1. The summed E-state index contributed by atoms with van der Waals surface area (Å²) in [7, 11) is -3.66. The second-order valence-corrected chi connectivity index (χ2v) is 6.21. The molecule has 2 rings (SSSR count). The van der Waals surface area contributed by atoms with E-state index in [2.05, 4.69) is 0 Å². The lowest BCUT2D eigenvalue weighted by molar-refractivity contribution is 0.213. The molecule has 0 unspecified atom stereocenters. The summed E-state index contributed by atoms with van der Waals surface area (Å²) < 4.78 is 26.0. The van der Waals surface area contributed by atoms with Crippen LogP contribution in [-0.2, 0) is 10.0 Å². The highest BCUT2D eigenvalue weighted by Gasteiger charge is 2.34. The zero-order valence-electron chi connectivity index (χ0n) is 9.78. The van der Waals surface area contributed by atoms with E-state index in [1.165, 1.54) is 22.5 Å². The van der Waals surface area contributed by atoms with E-state index < -0.39 is 10.0 Å². The van der Waals surface area contributed by atoms with Gasteiger partial charge in [-0.15, -0.1) is 0 Å². The SMILES string of the molecule is Nc1cc(S(=O)(=O)N2CCC[C@@H]2CO)ccc1O. The van der Waals surface area contributed by atoms with Crippen LogP contribution in [0.4, 0.5) is 5.69 Å². The van der Waals surface area contributed by atoms with Gasteiger partial charge < -0.3 is 15.9 Å². The molecule has 1 aromatic carbocycles. The molecule has 100 valence electrons. The van der Waals surface area contributed by atoms with Gasteiger partial charge in [0.05, 0.1) is 17.2 Å². The fraction of sp³-hybridized carbons (Fsp3) is 0.455. The molecule has 1 fully saturated rings. The molecule has 18 heavy (non-hydrogen) atoms. The highest BCUT2D eigenvalue weighted by Crippen LogP contribution is 2.29. The van der Waals surface area contributed by atoms with Crippen molar-refractivity contribution in [3.8, 4) is 5.75 Å². The average molecular weight is 272 g/mol. The van der Waals surface area contributed by atoms with Gasteiger partial charge in [-0.05, 0) is 31.0 Å². The van der Waals surface area contributed by atoms with Gasteiger partial charge in [-0.2, -0.15) is 4.31 Å². The number of phenolic OH excluding ortho intramolecular Hbond substituents is 1. The molecule has 1 aliphatic heterocycles. The van der Waals surface area contributed by atoms with Crippen molar-refractivity contribution < 1.29 is 18.6 Å². The average Bonchev–Trinajstić information content (AvgIpc) is 2.81. The Balaban J connectivity index is 2.38. The Morgan fingerprint density at radius 1 is 1.44 bits per heavy atom. The summed E-state index contributed by atoms with van der Waals surface area (Å²) in [6.07, 6.45) is 1.39. The summed E-state index contributed by atoms with van der Waals surface area (Å²) in [6.45, 7) is 0.209.